The number of thioether (sulfide) groups is 1. The van der Waals surface area contributed by atoms with Gasteiger partial charge in [-0.2, -0.15) is 11.8 Å². The summed E-state index contributed by atoms with van der Waals surface area (Å²) in [5.74, 6) is 3.69. The van der Waals surface area contributed by atoms with Crippen LogP contribution in [0.3, 0.4) is 0 Å². The summed E-state index contributed by atoms with van der Waals surface area (Å²) < 4.78 is 2.25. The van der Waals surface area contributed by atoms with Crippen molar-refractivity contribution in [1.29, 1.82) is 0 Å². The average molecular weight is 310 g/mol. The van der Waals surface area contributed by atoms with Gasteiger partial charge in [-0.05, 0) is 25.1 Å². The van der Waals surface area contributed by atoms with E-state index in [1.165, 1.54) is 35.9 Å². The molecule has 3 rings (SSSR count). The largest absolute Gasteiger partial charge is 0.354 e. The van der Waals surface area contributed by atoms with Crippen LogP contribution in [0.2, 0.25) is 0 Å². The van der Waals surface area contributed by atoms with Gasteiger partial charge >= 0.3 is 0 Å². The van der Waals surface area contributed by atoms with E-state index in [-0.39, 0.29) is 0 Å². The second-order valence-electron chi connectivity index (χ2n) is 5.07. The van der Waals surface area contributed by atoms with Crippen molar-refractivity contribution in [2.24, 2.45) is 0 Å². The van der Waals surface area contributed by atoms with E-state index in [1.807, 2.05) is 0 Å². The summed E-state index contributed by atoms with van der Waals surface area (Å²) in [5.41, 5.74) is 1.32. The lowest BCUT2D eigenvalue weighted by Crippen LogP contribution is -2.28. The molecule has 4 nitrogen and oxygen atoms in total. The number of anilines is 1. The number of nitrogens with one attached hydrogen (secondary N) is 1. The van der Waals surface area contributed by atoms with Crippen LogP contribution in [0.1, 0.15) is 25.5 Å². The molecule has 0 unspecified atom stereocenters. The number of rotatable bonds is 5. The van der Waals surface area contributed by atoms with E-state index in [9.17, 15) is 0 Å². The van der Waals surface area contributed by atoms with Gasteiger partial charge in [-0.1, -0.05) is 6.92 Å². The Morgan fingerprint density at radius 3 is 3.20 bits per heavy atom. The van der Waals surface area contributed by atoms with E-state index in [1.54, 1.807) is 11.3 Å². The molecular formula is C14H22N4S2. The van der Waals surface area contributed by atoms with Crippen molar-refractivity contribution >= 4 is 33.9 Å². The number of thiazole rings is 1. The van der Waals surface area contributed by atoms with Gasteiger partial charge in [0.1, 0.15) is 0 Å². The summed E-state index contributed by atoms with van der Waals surface area (Å²) in [5, 5.41) is 5.65. The van der Waals surface area contributed by atoms with Crippen LogP contribution in [0.5, 0.6) is 0 Å². The normalized spacial score (nSPS) is 16.8. The standard InChI is InChI=1S/C14H22N4S2/c1-2-4-15-11-12-13(16-14-18(12)7-10-20-14)17-5-3-8-19-9-6-17/h7,10,15H,2-6,8-9,11H2,1H3. The highest BCUT2D eigenvalue weighted by atomic mass is 32.2. The molecule has 0 saturated carbocycles. The molecule has 0 bridgehead atoms. The number of hydrogen-bond acceptors (Lipinski definition) is 5. The van der Waals surface area contributed by atoms with E-state index >= 15 is 0 Å². The van der Waals surface area contributed by atoms with Crippen molar-refractivity contribution in [3.63, 3.8) is 0 Å². The second-order valence-corrected chi connectivity index (χ2v) is 7.17. The van der Waals surface area contributed by atoms with Crippen molar-refractivity contribution in [2.45, 2.75) is 26.3 Å². The minimum Gasteiger partial charge on any atom is -0.354 e. The van der Waals surface area contributed by atoms with Gasteiger partial charge in [0.25, 0.3) is 0 Å². The van der Waals surface area contributed by atoms with Gasteiger partial charge in [0.2, 0.25) is 0 Å². The summed E-state index contributed by atoms with van der Waals surface area (Å²) in [6, 6.07) is 0. The maximum absolute atomic E-state index is 4.87. The number of fused-ring (bicyclic) bond motifs is 1. The highest BCUT2D eigenvalue weighted by Crippen LogP contribution is 2.26. The number of imidazole rings is 1. The zero-order valence-corrected chi connectivity index (χ0v) is 13.6. The molecule has 6 heteroatoms. The Kier molecular flexibility index (Phi) is 4.86. The summed E-state index contributed by atoms with van der Waals surface area (Å²) >= 11 is 3.78. The molecule has 1 saturated heterocycles. The smallest absolute Gasteiger partial charge is 0.195 e. The SMILES string of the molecule is CCCNCc1c(N2CCCSCC2)nc2sccn12. The Morgan fingerprint density at radius 2 is 2.30 bits per heavy atom. The molecule has 0 spiro atoms. The van der Waals surface area contributed by atoms with Crippen LogP contribution in [0.25, 0.3) is 4.96 Å². The zero-order chi connectivity index (χ0) is 13.8. The molecule has 0 radical (unpaired) electrons. The summed E-state index contributed by atoms with van der Waals surface area (Å²) in [6.07, 6.45) is 4.57. The minimum absolute atomic E-state index is 0.907. The first-order valence-corrected chi connectivity index (χ1v) is 9.41. The Labute approximate surface area is 128 Å². The summed E-state index contributed by atoms with van der Waals surface area (Å²) in [6.45, 7) is 6.43. The number of nitrogens with zero attached hydrogens (tertiary/aromatic N) is 3. The molecule has 0 amide bonds. The Morgan fingerprint density at radius 1 is 1.35 bits per heavy atom. The molecule has 1 aliphatic heterocycles. The maximum atomic E-state index is 4.87. The lowest BCUT2D eigenvalue weighted by Gasteiger charge is -2.21. The summed E-state index contributed by atoms with van der Waals surface area (Å²) in [7, 11) is 0. The number of hydrogen-bond donors (Lipinski definition) is 1. The van der Waals surface area contributed by atoms with Gasteiger partial charge < -0.3 is 10.2 Å². The molecule has 2 aromatic heterocycles. The fraction of sp³-hybridized carbons (Fsp3) is 0.643. The highest BCUT2D eigenvalue weighted by molar-refractivity contribution is 7.99. The molecule has 1 N–H and O–H groups in total. The predicted molar refractivity (Wildman–Crippen MR) is 89.2 cm³/mol. The van der Waals surface area contributed by atoms with Crippen molar-refractivity contribution in [2.75, 3.05) is 36.0 Å². The van der Waals surface area contributed by atoms with Gasteiger partial charge in [-0.25, -0.2) is 4.98 Å². The molecule has 20 heavy (non-hydrogen) atoms. The molecule has 1 aliphatic rings. The topological polar surface area (TPSA) is 32.6 Å². The zero-order valence-electron chi connectivity index (χ0n) is 12.0. The van der Waals surface area contributed by atoms with Crippen molar-refractivity contribution in [3.8, 4) is 0 Å². The first-order valence-electron chi connectivity index (χ1n) is 7.38. The fourth-order valence-corrected chi connectivity index (χ4v) is 4.20. The molecule has 0 atom stereocenters. The predicted octanol–water partition coefficient (Wildman–Crippen LogP) is 2.84. The third kappa shape index (κ3) is 2.97. The van der Waals surface area contributed by atoms with E-state index < -0.39 is 0 Å². The third-order valence-electron chi connectivity index (χ3n) is 3.58. The van der Waals surface area contributed by atoms with Crippen LogP contribution in [-0.2, 0) is 6.54 Å². The van der Waals surface area contributed by atoms with Crippen LogP contribution in [0.15, 0.2) is 11.6 Å². The van der Waals surface area contributed by atoms with Gasteiger partial charge in [0.15, 0.2) is 10.8 Å². The monoisotopic (exact) mass is 310 g/mol. The van der Waals surface area contributed by atoms with E-state index in [2.05, 4.69) is 44.9 Å². The molecule has 0 aromatic carbocycles. The lowest BCUT2D eigenvalue weighted by molar-refractivity contribution is 0.657. The fourth-order valence-electron chi connectivity index (χ4n) is 2.58. The van der Waals surface area contributed by atoms with Gasteiger partial charge in [0, 0.05) is 37.0 Å². The average Bonchev–Trinajstić information content (AvgIpc) is 2.92. The van der Waals surface area contributed by atoms with Crippen molar-refractivity contribution in [1.82, 2.24) is 14.7 Å². The van der Waals surface area contributed by atoms with Gasteiger partial charge in [-0.3, -0.25) is 4.40 Å². The molecule has 110 valence electrons. The molecule has 3 heterocycles. The van der Waals surface area contributed by atoms with Crippen LogP contribution >= 0.6 is 23.1 Å². The van der Waals surface area contributed by atoms with Gasteiger partial charge in [-0.15, -0.1) is 11.3 Å². The van der Waals surface area contributed by atoms with Gasteiger partial charge in [0.05, 0.1) is 5.69 Å². The van der Waals surface area contributed by atoms with E-state index in [4.69, 9.17) is 4.98 Å². The maximum Gasteiger partial charge on any atom is 0.195 e. The van der Waals surface area contributed by atoms with Crippen molar-refractivity contribution in [3.05, 3.63) is 17.3 Å². The van der Waals surface area contributed by atoms with Crippen LogP contribution < -0.4 is 10.2 Å². The highest BCUT2D eigenvalue weighted by Gasteiger charge is 2.19. The van der Waals surface area contributed by atoms with Crippen LogP contribution in [0, 0.1) is 0 Å². The van der Waals surface area contributed by atoms with Crippen molar-refractivity contribution < 1.29 is 0 Å². The van der Waals surface area contributed by atoms with E-state index in [0.717, 1.165) is 31.1 Å². The Hall–Kier alpha value is -0.720. The van der Waals surface area contributed by atoms with Crippen LogP contribution in [0.4, 0.5) is 5.82 Å². The second kappa shape index (κ2) is 6.83. The molecule has 0 aliphatic carbocycles. The van der Waals surface area contributed by atoms with E-state index in [0.29, 0.717) is 0 Å². The minimum atomic E-state index is 0.907. The molecule has 2 aromatic rings. The third-order valence-corrected chi connectivity index (χ3v) is 5.39. The first kappa shape index (κ1) is 14.2. The molecular weight excluding hydrogens is 288 g/mol. The number of aromatic nitrogens is 2. The lowest BCUT2D eigenvalue weighted by atomic mass is 10.3. The summed E-state index contributed by atoms with van der Waals surface area (Å²) in [4.78, 5) is 8.47. The Bertz CT molecular complexity index is 540. The van der Waals surface area contributed by atoms with Crippen LogP contribution in [-0.4, -0.2) is 40.5 Å². The molecule has 1 fully saturated rings. The first-order chi connectivity index (χ1) is 9.90. The quantitative estimate of drug-likeness (QED) is 0.861. The Balaban J connectivity index is 1.87.